The summed E-state index contributed by atoms with van der Waals surface area (Å²) in [6.45, 7) is 0. The molecule has 2 heterocycles. The van der Waals surface area contributed by atoms with Crippen LogP contribution >= 0.6 is 11.8 Å². The molecule has 0 saturated carbocycles. The minimum atomic E-state index is -0.0150. The van der Waals surface area contributed by atoms with Crippen LogP contribution in [0.4, 0.5) is 0 Å². The molecule has 0 amide bonds. The molecule has 1 unspecified atom stereocenters. The fourth-order valence-corrected chi connectivity index (χ4v) is 3.21. The Hall–Kier alpha value is -1.48. The van der Waals surface area contributed by atoms with Crippen molar-refractivity contribution in [3.63, 3.8) is 0 Å². The molecule has 80 valence electrons. The van der Waals surface area contributed by atoms with Gasteiger partial charge in [0, 0.05) is 10.6 Å². The van der Waals surface area contributed by atoms with Gasteiger partial charge in [0.2, 0.25) is 0 Å². The van der Waals surface area contributed by atoms with Gasteiger partial charge in [0.15, 0.2) is 5.78 Å². The van der Waals surface area contributed by atoms with E-state index in [-0.39, 0.29) is 11.7 Å². The zero-order valence-electron chi connectivity index (χ0n) is 8.55. The number of hydrogen-bond donors (Lipinski definition) is 0. The summed E-state index contributed by atoms with van der Waals surface area (Å²) in [6, 6.07) is 9.84. The average Bonchev–Trinajstić information content (AvgIpc) is 2.98. The van der Waals surface area contributed by atoms with Crippen molar-refractivity contribution in [2.75, 3.05) is 5.75 Å². The minimum Gasteiger partial charge on any atom is -0.472 e. The lowest BCUT2D eigenvalue weighted by atomic mass is 9.94. The second-order valence-corrected chi connectivity index (χ2v) is 4.84. The summed E-state index contributed by atoms with van der Waals surface area (Å²) in [5.41, 5.74) is 1.82. The van der Waals surface area contributed by atoms with Crippen molar-refractivity contribution in [2.45, 2.75) is 10.8 Å². The molecule has 0 radical (unpaired) electrons. The average molecular weight is 230 g/mol. The Balaban J connectivity index is 1.96. The third-order valence-electron chi connectivity index (χ3n) is 2.82. The Morgan fingerprint density at radius 2 is 2.19 bits per heavy atom. The molecule has 2 aromatic rings. The first-order valence-corrected chi connectivity index (χ1v) is 6.13. The molecule has 3 heteroatoms. The largest absolute Gasteiger partial charge is 0.472 e. The lowest BCUT2D eigenvalue weighted by Crippen LogP contribution is -2.11. The molecule has 1 aromatic heterocycles. The van der Waals surface area contributed by atoms with Crippen molar-refractivity contribution < 1.29 is 9.21 Å². The number of rotatable bonds is 2. The van der Waals surface area contributed by atoms with E-state index in [0.29, 0.717) is 5.56 Å². The molecule has 0 bridgehead atoms. The van der Waals surface area contributed by atoms with Gasteiger partial charge in [-0.1, -0.05) is 18.2 Å². The van der Waals surface area contributed by atoms with Gasteiger partial charge in [0.25, 0.3) is 0 Å². The molecular formula is C13H10O2S. The van der Waals surface area contributed by atoms with E-state index in [1.165, 1.54) is 11.2 Å². The van der Waals surface area contributed by atoms with Gasteiger partial charge in [0.1, 0.15) is 6.26 Å². The molecule has 1 aliphatic heterocycles. The molecule has 1 atom stereocenters. The molecule has 0 N–H and O–H groups in total. The van der Waals surface area contributed by atoms with Crippen molar-refractivity contribution in [1.29, 1.82) is 0 Å². The van der Waals surface area contributed by atoms with Gasteiger partial charge >= 0.3 is 0 Å². The molecule has 0 spiro atoms. The standard InChI is InChI=1S/C13H10O2S/c14-13(9-5-6-15-7-9)11-8-16-12-4-2-1-3-10(11)12/h1-7,11H,8H2. The van der Waals surface area contributed by atoms with Crippen molar-refractivity contribution in [3.8, 4) is 0 Å². The van der Waals surface area contributed by atoms with Gasteiger partial charge in [0.05, 0.1) is 17.7 Å². The summed E-state index contributed by atoms with van der Waals surface area (Å²) in [5.74, 6) is 0.980. The third-order valence-corrected chi connectivity index (χ3v) is 4.00. The van der Waals surface area contributed by atoms with Crippen molar-refractivity contribution in [1.82, 2.24) is 0 Å². The van der Waals surface area contributed by atoms with Gasteiger partial charge < -0.3 is 4.42 Å². The Labute approximate surface area is 97.7 Å². The zero-order chi connectivity index (χ0) is 11.0. The first-order chi connectivity index (χ1) is 7.86. The molecule has 1 aromatic carbocycles. The van der Waals surface area contributed by atoms with Crippen molar-refractivity contribution in [3.05, 3.63) is 54.0 Å². The van der Waals surface area contributed by atoms with Crippen molar-refractivity contribution in [2.24, 2.45) is 0 Å². The molecule has 1 aliphatic rings. The fourth-order valence-electron chi connectivity index (χ4n) is 1.99. The highest BCUT2D eigenvalue weighted by Crippen LogP contribution is 2.40. The summed E-state index contributed by atoms with van der Waals surface area (Å²) in [4.78, 5) is 13.4. The van der Waals surface area contributed by atoms with E-state index in [9.17, 15) is 4.79 Å². The number of benzene rings is 1. The zero-order valence-corrected chi connectivity index (χ0v) is 9.37. The topological polar surface area (TPSA) is 30.2 Å². The first-order valence-electron chi connectivity index (χ1n) is 5.14. The summed E-state index contributed by atoms with van der Waals surface area (Å²) in [7, 11) is 0. The highest BCUT2D eigenvalue weighted by atomic mass is 32.2. The predicted molar refractivity (Wildman–Crippen MR) is 62.9 cm³/mol. The van der Waals surface area contributed by atoms with E-state index < -0.39 is 0 Å². The summed E-state index contributed by atoms with van der Waals surface area (Å²) < 4.78 is 4.96. The second kappa shape index (κ2) is 3.83. The molecule has 0 fully saturated rings. The Morgan fingerprint density at radius 3 is 3.00 bits per heavy atom. The number of ketones is 1. The maximum Gasteiger partial charge on any atom is 0.174 e. The molecule has 16 heavy (non-hydrogen) atoms. The van der Waals surface area contributed by atoms with E-state index in [1.807, 2.05) is 18.2 Å². The number of thioether (sulfide) groups is 1. The second-order valence-electron chi connectivity index (χ2n) is 3.78. The van der Waals surface area contributed by atoms with Gasteiger partial charge in [-0.15, -0.1) is 11.8 Å². The summed E-state index contributed by atoms with van der Waals surface area (Å²) in [5, 5.41) is 0. The SMILES string of the molecule is O=C(c1ccoc1)C1CSc2ccccc21. The van der Waals surface area contributed by atoms with Crippen LogP contribution < -0.4 is 0 Å². The van der Waals surface area contributed by atoms with Crippen molar-refractivity contribution >= 4 is 17.5 Å². The van der Waals surface area contributed by atoms with Crippen LogP contribution in [0.1, 0.15) is 21.8 Å². The lowest BCUT2D eigenvalue weighted by Gasteiger charge is -2.07. The number of furan rings is 1. The van der Waals surface area contributed by atoms with E-state index in [1.54, 1.807) is 24.1 Å². The van der Waals surface area contributed by atoms with Gasteiger partial charge in [-0.25, -0.2) is 0 Å². The Morgan fingerprint density at radius 1 is 1.31 bits per heavy atom. The fraction of sp³-hybridized carbons (Fsp3) is 0.154. The summed E-state index contributed by atoms with van der Waals surface area (Å²) in [6.07, 6.45) is 3.06. The molecule has 3 rings (SSSR count). The van der Waals surface area contributed by atoms with Crippen LogP contribution in [0.25, 0.3) is 0 Å². The van der Waals surface area contributed by atoms with Gasteiger partial charge in [-0.05, 0) is 17.7 Å². The van der Waals surface area contributed by atoms with E-state index in [2.05, 4.69) is 6.07 Å². The third kappa shape index (κ3) is 1.48. The van der Waals surface area contributed by atoms with Crippen LogP contribution in [0.3, 0.4) is 0 Å². The monoisotopic (exact) mass is 230 g/mol. The maximum atomic E-state index is 12.2. The Bertz CT molecular complexity index is 516. The molecular weight excluding hydrogens is 220 g/mol. The van der Waals surface area contributed by atoms with Crippen LogP contribution in [0, 0.1) is 0 Å². The summed E-state index contributed by atoms with van der Waals surface area (Å²) >= 11 is 1.75. The quantitative estimate of drug-likeness (QED) is 0.741. The van der Waals surface area contributed by atoms with Crippen LogP contribution in [0.2, 0.25) is 0 Å². The van der Waals surface area contributed by atoms with Gasteiger partial charge in [-0.2, -0.15) is 0 Å². The van der Waals surface area contributed by atoms with Crippen LogP contribution in [0.5, 0.6) is 0 Å². The Kier molecular flexibility index (Phi) is 2.33. The highest BCUT2D eigenvalue weighted by Gasteiger charge is 2.29. The maximum absolute atomic E-state index is 12.2. The van der Waals surface area contributed by atoms with E-state index in [4.69, 9.17) is 4.42 Å². The highest BCUT2D eigenvalue weighted by molar-refractivity contribution is 7.99. The normalized spacial score (nSPS) is 18.4. The smallest absolute Gasteiger partial charge is 0.174 e. The first kappa shape index (κ1) is 9.73. The van der Waals surface area contributed by atoms with E-state index in [0.717, 1.165) is 11.3 Å². The molecule has 0 aliphatic carbocycles. The lowest BCUT2D eigenvalue weighted by molar-refractivity contribution is 0.0967. The van der Waals surface area contributed by atoms with Crippen LogP contribution in [0.15, 0.2) is 52.2 Å². The minimum absolute atomic E-state index is 0.0150. The molecule has 2 nitrogen and oxygen atoms in total. The number of hydrogen-bond acceptors (Lipinski definition) is 3. The molecule has 0 saturated heterocycles. The van der Waals surface area contributed by atoms with Crippen LogP contribution in [-0.2, 0) is 0 Å². The number of fused-ring (bicyclic) bond motifs is 1. The van der Waals surface area contributed by atoms with Gasteiger partial charge in [-0.3, -0.25) is 4.79 Å². The predicted octanol–water partition coefficient (Wildman–Crippen LogP) is 3.35. The number of carbonyl (C=O) groups excluding carboxylic acids is 1. The number of Topliss-reactive ketones (excluding diaryl/α,β-unsaturated/α-hetero) is 1. The van der Waals surface area contributed by atoms with E-state index >= 15 is 0 Å². The van der Waals surface area contributed by atoms with Crippen LogP contribution in [-0.4, -0.2) is 11.5 Å². The number of carbonyl (C=O) groups is 1.